The van der Waals surface area contributed by atoms with E-state index in [2.05, 4.69) is 10.3 Å². The Morgan fingerprint density at radius 1 is 1.07 bits per heavy atom. The first-order chi connectivity index (χ1) is 13.1. The second kappa shape index (κ2) is 8.80. The van der Waals surface area contributed by atoms with Crippen LogP contribution >= 0.6 is 0 Å². The predicted octanol–water partition coefficient (Wildman–Crippen LogP) is 3.65. The van der Waals surface area contributed by atoms with Crippen molar-refractivity contribution in [3.05, 3.63) is 78.3 Å². The summed E-state index contributed by atoms with van der Waals surface area (Å²) >= 11 is 0. The number of hydrogen-bond acceptors (Lipinski definition) is 5. The van der Waals surface area contributed by atoms with E-state index in [4.69, 9.17) is 9.15 Å². The minimum Gasteiger partial charge on any atom is -0.456 e. The molecule has 1 amide bonds. The largest absolute Gasteiger partial charge is 0.456 e. The number of carbonyl (C=O) groups excluding carboxylic acids is 2. The molecule has 0 aliphatic carbocycles. The van der Waals surface area contributed by atoms with Gasteiger partial charge in [0.15, 0.2) is 12.4 Å². The SMILES string of the molecule is CC(=O)N[C@H](CC(=O)OCc1ncc(-c2ccccc2)o1)c1ccccc1. The number of esters is 1. The summed E-state index contributed by atoms with van der Waals surface area (Å²) in [4.78, 5) is 27.8. The Labute approximate surface area is 157 Å². The van der Waals surface area contributed by atoms with Gasteiger partial charge in [-0.3, -0.25) is 9.59 Å². The lowest BCUT2D eigenvalue weighted by atomic mass is 10.0. The van der Waals surface area contributed by atoms with Crippen molar-refractivity contribution in [2.45, 2.75) is 26.0 Å². The molecule has 0 unspecified atom stereocenters. The van der Waals surface area contributed by atoms with Gasteiger partial charge < -0.3 is 14.5 Å². The first-order valence-corrected chi connectivity index (χ1v) is 8.59. The molecule has 1 N–H and O–H groups in total. The topological polar surface area (TPSA) is 81.4 Å². The smallest absolute Gasteiger partial charge is 0.308 e. The molecule has 0 saturated heterocycles. The predicted molar refractivity (Wildman–Crippen MR) is 99.4 cm³/mol. The van der Waals surface area contributed by atoms with Crippen LogP contribution in [0.1, 0.15) is 30.8 Å². The third kappa shape index (κ3) is 5.28. The van der Waals surface area contributed by atoms with Gasteiger partial charge in [-0.05, 0) is 5.56 Å². The Kier molecular flexibility index (Phi) is 5.99. The van der Waals surface area contributed by atoms with Crippen LogP contribution in [0.4, 0.5) is 0 Å². The van der Waals surface area contributed by atoms with E-state index in [1.54, 1.807) is 6.20 Å². The fourth-order valence-corrected chi connectivity index (χ4v) is 2.66. The van der Waals surface area contributed by atoms with E-state index in [0.29, 0.717) is 11.7 Å². The van der Waals surface area contributed by atoms with Gasteiger partial charge in [-0.25, -0.2) is 4.98 Å². The summed E-state index contributed by atoms with van der Waals surface area (Å²) in [5.41, 5.74) is 1.74. The van der Waals surface area contributed by atoms with Crippen molar-refractivity contribution in [3.8, 4) is 11.3 Å². The van der Waals surface area contributed by atoms with Gasteiger partial charge in [0.2, 0.25) is 11.8 Å². The first-order valence-electron chi connectivity index (χ1n) is 8.59. The quantitative estimate of drug-likeness (QED) is 0.647. The van der Waals surface area contributed by atoms with Crippen LogP contribution in [0.2, 0.25) is 0 Å². The molecule has 6 heteroatoms. The number of aromatic nitrogens is 1. The van der Waals surface area contributed by atoms with Crippen molar-refractivity contribution in [2.24, 2.45) is 0 Å². The Bertz CT molecular complexity index is 891. The number of carbonyl (C=O) groups is 2. The standard InChI is InChI=1S/C21H20N2O4/c1-15(24)23-18(16-8-4-2-5-9-16)12-21(25)26-14-20-22-13-19(27-20)17-10-6-3-7-11-17/h2-11,13,18H,12,14H2,1H3,(H,23,24)/t18-/m1/s1. The van der Waals surface area contributed by atoms with Gasteiger partial charge in [0, 0.05) is 12.5 Å². The molecule has 1 heterocycles. The highest BCUT2D eigenvalue weighted by Crippen LogP contribution is 2.21. The third-order valence-corrected chi connectivity index (χ3v) is 3.92. The van der Waals surface area contributed by atoms with Crippen LogP contribution in [-0.2, 0) is 20.9 Å². The van der Waals surface area contributed by atoms with Crippen molar-refractivity contribution in [2.75, 3.05) is 0 Å². The average Bonchev–Trinajstić information content (AvgIpc) is 3.16. The van der Waals surface area contributed by atoms with Crippen LogP contribution in [0.5, 0.6) is 0 Å². The molecule has 0 aliphatic rings. The van der Waals surface area contributed by atoms with Crippen LogP contribution in [-0.4, -0.2) is 16.9 Å². The van der Waals surface area contributed by atoms with E-state index < -0.39 is 12.0 Å². The second-order valence-electron chi connectivity index (χ2n) is 6.01. The normalized spacial score (nSPS) is 11.6. The Morgan fingerprint density at radius 3 is 2.41 bits per heavy atom. The molecule has 0 spiro atoms. The molecule has 2 aromatic carbocycles. The summed E-state index contributed by atoms with van der Waals surface area (Å²) in [6.07, 6.45) is 1.62. The van der Waals surface area contributed by atoms with Crippen molar-refractivity contribution >= 4 is 11.9 Å². The molecule has 3 aromatic rings. The summed E-state index contributed by atoms with van der Waals surface area (Å²) in [7, 11) is 0. The zero-order valence-electron chi connectivity index (χ0n) is 14.9. The Hall–Kier alpha value is -3.41. The Balaban J connectivity index is 1.58. The highest BCUT2D eigenvalue weighted by Gasteiger charge is 2.18. The van der Waals surface area contributed by atoms with Crippen LogP contribution in [0.3, 0.4) is 0 Å². The van der Waals surface area contributed by atoms with E-state index >= 15 is 0 Å². The van der Waals surface area contributed by atoms with Gasteiger partial charge >= 0.3 is 5.97 Å². The highest BCUT2D eigenvalue weighted by molar-refractivity contribution is 5.76. The van der Waals surface area contributed by atoms with E-state index in [1.807, 2.05) is 60.7 Å². The molecule has 0 fully saturated rings. The van der Waals surface area contributed by atoms with Crippen LogP contribution in [0.15, 0.2) is 71.3 Å². The van der Waals surface area contributed by atoms with Crippen LogP contribution < -0.4 is 5.32 Å². The van der Waals surface area contributed by atoms with Gasteiger partial charge in [-0.1, -0.05) is 60.7 Å². The molecule has 0 bridgehead atoms. The Morgan fingerprint density at radius 2 is 1.74 bits per heavy atom. The van der Waals surface area contributed by atoms with Crippen molar-refractivity contribution in [3.63, 3.8) is 0 Å². The molecule has 1 aromatic heterocycles. The van der Waals surface area contributed by atoms with Gasteiger partial charge in [-0.15, -0.1) is 0 Å². The lowest BCUT2D eigenvalue weighted by molar-refractivity contribution is -0.146. The molecular weight excluding hydrogens is 344 g/mol. The van der Waals surface area contributed by atoms with Crippen LogP contribution in [0.25, 0.3) is 11.3 Å². The second-order valence-corrected chi connectivity index (χ2v) is 6.01. The van der Waals surface area contributed by atoms with E-state index in [0.717, 1.165) is 11.1 Å². The number of nitrogens with one attached hydrogen (secondary N) is 1. The minimum atomic E-state index is -0.447. The zero-order valence-corrected chi connectivity index (χ0v) is 14.9. The van der Waals surface area contributed by atoms with Gasteiger partial charge in [0.1, 0.15) is 0 Å². The summed E-state index contributed by atoms with van der Waals surface area (Å²) < 4.78 is 10.9. The molecule has 0 saturated carbocycles. The zero-order chi connectivity index (χ0) is 19.1. The number of oxazole rings is 1. The first kappa shape index (κ1) is 18.4. The van der Waals surface area contributed by atoms with Crippen molar-refractivity contribution < 1.29 is 18.7 Å². The maximum Gasteiger partial charge on any atom is 0.308 e. The van der Waals surface area contributed by atoms with E-state index in [1.165, 1.54) is 6.92 Å². The maximum atomic E-state index is 12.2. The minimum absolute atomic E-state index is 0.0237. The summed E-state index contributed by atoms with van der Waals surface area (Å²) in [6.45, 7) is 1.35. The van der Waals surface area contributed by atoms with Crippen molar-refractivity contribution in [1.29, 1.82) is 0 Å². The molecule has 3 rings (SSSR count). The van der Waals surface area contributed by atoms with Crippen LogP contribution in [0, 0.1) is 0 Å². The lowest BCUT2D eigenvalue weighted by Gasteiger charge is -2.17. The summed E-state index contributed by atoms with van der Waals surface area (Å²) in [5, 5.41) is 2.77. The number of benzene rings is 2. The molecule has 0 aliphatic heterocycles. The summed E-state index contributed by atoms with van der Waals surface area (Å²) in [5.74, 6) is 0.272. The molecule has 27 heavy (non-hydrogen) atoms. The number of ether oxygens (including phenoxy) is 1. The van der Waals surface area contributed by atoms with Gasteiger partial charge in [-0.2, -0.15) is 0 Å². The van der Waals surface area contributed by atoms with Gasteiger partial charge in [0.05, 0.1) is 18.7 Å². The molecular formula is C21H20N2O4. The van der Waals surface area contributed by atoms with E-state index in [-0.39, 0.29) is 18.9 Å². The molecule has 138 valence electrons. The molecule has 0 radical (unpaired) electrons. The van der Waals surface area contributed by atoms with Crippen molar-refractivity contribution in [1.82, 2.24) is 10.3 Å². The lowest BCUT2D eigenvalue weighted by Crippen LogP contribution is -2.28. The highest BCUT2D eigenvalue weighted by atomic mass is 16.5. The number of nitrogens with zero attached hydrogens (tertiary/aromatic N) is 1. The van der Waals surface area contributed by atoms with E-state index in [9.17, 15) is 9.59 Å². The molecule has 1 atom stereocenters. The van der Waals surface area contributed by atoms with Gasteiger partial charge in [0.25, 0.3) is 0 Å². The monoisotopic (exact) mass is 364 g/mol. The summed E-state index contributed by atoms with van der Waals surface area (Å²) in [6, 6.07) is 18.4. The molecule has 6 nitrogen and oxygen atoms in total. The maximum absolute atomic E-state index is 12.2. The fraction of sp³-hybridized carbons (Fsp3) is 0.190. The average molecular weight is 364 g/mol. The fourth-order valence-electron chi connectivity index (χ4n) is 2.66. The third-order valence-electron chi connectivity index (χ3n) is 3.92. The number of rotatable bonds is 7. The number of hydrogen-bond donors (Lipinski definition) is 1. The number of amides is 1.